The normalized spacial score (nSPS) is 25.2. The first kappa shape index (κ1) is 14.7. The Bertz CT molecular complexity index is 482. The molecule has 3 nitrogen and oxygen atoms in total. The zero-order chi connectivity index (χ0) is 14.5. The van der Waals surface area contributed by atoms with Gasteiger partial charge in [0.25, 0.3) is 0 Å². The van der Waals surface area contributed by atoms with Crippen molar-refractivity contribution in [3.05, 3.63) is 41.7 Å². The van der Waals surface area contributed by atoms with E-state index in [2.05, 4.69) is 47.6 Å². The van der Waals surface area contributed by atoms with E-state index in [-0.39, 0.29) is 0 Å². The smallest absolute Gasteiger partial charge is 0.0888 e. The monoisotopic (exact) mass is 286 g/mol. The van der Waals surface area contributed by atoms with Crippen LogP contribution in [0.25, 0.3) is 0 Å². The lowest BCUT2D eigenvalue weighted by Gasteiger charge is -2.24. The van der Waals surface area contributed by atoms with Gasteiger partial charge in [0, 0.05) is 12.6 Å². The molecule has 21 heavy (non-hydrogen) atoms. The molecule has 1 saturated carbocycles. The molecular formula is C18H26N2O. The minimum Gasteiger partial charge on any atom is -0.375 e. The summed E-state index contributed by atoms with van der Waals surface area (Å²) in [6, 6.07) is 6.96. The highest BCUT2D eigenvalue weighted by molar-refractivity contribution is 5.11. The number of pyridine rings is 1. The van der Waals surface area contributed by atoms with Crippen molar-refractivity contribution in [3.8, 4) is 0 Å². The minimum atomic E-state index is 0.629. The molecule has 1 aromatic heterocycles. The van der Waals surface area contributed by atoms with Gasteiger partial charge in [-0.25, -0.2) is 0 Å². The molecule has 2 atom stereocenters. The second-order valence-corrected chi connectivity index (χ2v) is 6.47. The number of rotatable bonds is 7. The van der Waals surface area contributed by atoms with Crippen LogP contribution in [0.4, 0.5) is 0 Å². The third-order valence-electron chi connectivity index (χ3n) is 4.51. The number of hydrogen-bond acceptors (Lipinski definition) is 3. The van der Waals surface area contributed by atoms with E-state index in [0.29, 0.717) is 12.5 Å². The average Bonchev–Trinajstić information content (AvgIpc) is 3.32. The Morgan fingerprint density at radius 1 is 1.19 bits per heavy atom. The maximum Gasteiger partial charge on any atom is 0.0888 e. The van der Waals surface area contributed by atoms with Crippen molar-refractivity contribution in [2.75, 3.05) is 6.61 Å². The average molecular weight is 286 g/mol. The van der Waals surface area contributed by atoms with Crippen LogP contribution in [0.3, 0.4) is 0 Å². The van der Waals surface area contributed by atoms with E-state index in [9.17, 15) is 0 Å². The minimum absolute atomic E-state index is 0.629. The Kier molecular flexibility index (Phi) is 5.04. The quantitative estimate of drug-likeness (QED) is 0.780. The summed E-state index contributed by atoms with van der Waals surface area (Å²) in [4.78, 5) is 4.67. The van der Waals surface area contributed by atoms with Crippen molar-refractivity contribution < 1.29 is 4.74 Å². The number of allylic oxidation sites excluding steroid dienone is 2. The highest BCUT2D eigenvalue weighted by Gasteiger charge is 2.20. The molecular weight excluding hydrogens is 260 g/mol. The third-order valence-corrected chi connectivity index (χ3v) is 4.51. The van der Waals surface area contributed by atoms with Crippen LogP contribution in [0.5, 0.6) is 0 Å². The number of nitrogens with zero attached hydrogens (tertiary/aromatic N) is 1. The summed E-state index contributed by atoms with van der Waals surface area (Å²) in [5.41, 5.74) is 2.17. The summed E-state index contributed by atoms with van der Waals surface area (Å²) in [5, 5.41) is 3.50. The van der Waals surface area contributed by atoms with Gasteiger partial charge in [0.05, 0.1) is 24.6 Å². The molecule has 0 bridgehead atoms. The standard InChI is InChI=1S/C18H26N2O/c1-14-5-2-3-6-15(14)12-21-13-18-8-4-7-17(20-18)11-19-16-9-10-16/h2-4,7-8,14-16,19H,5-6,9-13H2,1H3. The molecule has 0 saturated heterocycles. The largest absolute Gasteiger partial charge is 0.375 e. The summed E-state index contributed by atoms with van der Waals surface area (Å²) in [7, 11) is 0. The maximum absolute atomic E-state index is 5.91. The fourth-order valence-electron chi connectivity index (χ4n) is 2.80. The highest BCUT2D eigenvalue weighted by Crippen LogP contribution is 2.25. The fourth-order valence-corrected chi connectivity index (χ4v) is 2.80. The Morgan fingerprint density at radius 2 is 2.00 bits per heavy atom. The number of hydrogen-bond donors (Lipinski definition) is 1. The molecule has 2 aliphatic rings. The van der Waals surface area contributed by atoms with E-state index in [1.807, 2.05) is 0 Å². The Hall–Kier alpha value is -1.19. The van der Waals surface area contributed by atoms with Gasteiger partial charge in [-0.15, -0.1) is 0 Å². The van der Waals surface area contributed by atoms with Gasteiger partial charge in [-0.1, -0.05) is 25.1 Å². The van der Waals surface area contributed by atoms with Crippen molar-refractivity contribution in [1.29, 1.82) is 0 Å². The lowest BCUT2D eigenvalue weighted by atomic mass is 9.85. The van der Waals surface area contributed by atoms with Gasteiger partial charge in [0.15, 0.2) is 0 Å². The van der Waals surface area contributed by atoms with Gasteiger partial charge in [0.1, 0.15) is 0 Å². The van der Waals surface area contributed by atoms with E-state index in [1.165, 1.54) is 19.3 Å². The molecule has 114 valence electrons. The molecule has 1 N–H and O–H groups in total. The van der Waals surface area contributed by atoms with Crippen LogP contribution >= 0.6 is 0 Å². The molecule has 1 aromatic rings. The molecule has 0 aliphatic heterocycles. The van der Waals surface area contributed by atoms with Crippen LogP contribution in [0, 0.1) is 11.8 Å². The molecule has 0 spiro atoms. The Labute approximate surface area is 127 Å². The van der Waals surface area contributed by atoms with E-state index < -0.39 is 0 Å². The number of aromatic nitrogens is 1. The van der Waals surface area contributed by atoms with Crippen LogP contribution in [-0.4, -0.2) is 17.6 Å². The molecule has 0 radical (unpaired) electrons. The van der Waals surface area contributed by atoms with Crippen LogP contribution in [0.2, 0.25) is 0 Å². The third kappa shape index (κ3) is 4.65. The van der Waals surface area contributed by atoms with Crippen molar-refractivity contribution in [2.45, 2.75) is 51.8 Å². The zero-order valence-corrected chi connectivity index (χ0v) is 12.9. The van der Waals surface area contributed by atoms with E-state index in [1.54, 1.807) is 0 Å². The van der Waals surface area contributed by atoms with Crippen LogP contribution in [-0.2, 0) is 17.9 Å². The van der Waals surface area contributed by atoms with Crippen LogP contribution in [0.1, 0.15) is 44.0 Å². The van der Waals surface area contributed by atoms with Gasteiger partial charge in [-0.05, 0) is 49.7 Å². The number of ether oxygens (including phenoxy) is 1. The molecule has 2 aliphatic carbocycles. The SMILES string of the molecule is CC1CC=CCC1COCc1cccc(CNC2CC2)n1. The van der Waals surface area contributed by atoms with E-state index >= 15 is 0 Å². The van der Waals surface area contributed by atoms with Gasteiger partial charge >= 0.3 is 0 Å². The number of nitrogens with one attached hydrogen (secondary N) is 1. The molecule has 0 aromatic carbocycles. The van der Waals surface area contributed by atoms with E-state index in [0.717, 1.165) is 42.9 Å². The van der Waals surface area contributed by atoms with Crippen molar-refractivity contribution in [3.63, 3.8) is 0 Å². The second-order valence-electron chi connectivity index (χ2n) is 6.47. The highest BCUT2D eigenvalue weighted by atomic mass is 16.5. The molecule has 0 amide bonds. The summed E-state index contributed by atoms with van der Waals surface area (Å²) >= 11 is 0. The zero-order valence-electron chi connectivity index (χ0n) is 12.9. The first-order chi connectivity index (χ1) is 10.3. The lowest BCUT2D eigenvalue weighted by Crippen LogP contribution is -2.20. The predicted molar refractivity (Wildman–Crippen MR) is 84.8 cm³/mol. The molecule has 1 fully saturated rings. The summed E-state index contributed by atoms with van der Waals surface area (Å²) < 4.78 is 5.91. The second kappa shape index (κ2) is 7.19. The van der Waals surface area contributed by atoms with Gasteiger partial charge in [-0.2, -0.15) is 0 Å². The maximum atomic E-state index is 5.91. The van der Waals surface area contributed by atoms with Crippen LogP contribution < -0.4 is 5.32 Å². The first-order valence-electron chi connectivity index (χ1n) is 8.22. The molecule has 3 rings (SSSR count). The summed E-state index contributed by atoms with van der Waals surface area (Å²) in [6.07, 6.45) is 9.55. The van der Waals surface area contributed by atoms with Crippen molar-refractivity contribution in [2.24, 2.45) is 11.8 Å². The summed E-state index contributed by atoms with van der Waals surface area (Å²) in [6.45, 7) is 4.67. The van der Waals surface area contributed by atoms with Crippen molar-refractivity contribution in [1.82, 2.24) is 10.3 Å². The van der Waals surface area contributed by atoms with E-state index in [4.69, 9.17) is 4.74 Å². The lowest BCUT2D eigenvalue weighted by molar-refractivity contribution is 0.0661. The van der Waals surface area contributed by atoms with Crippen molar-refractivity contribution >= 4 is 0 Å². The molecule has 2 unspecified atom stereocenters. The summed E-state index contributed by atoms with van der Waals surface area (Å²) in [5.74, 6) is 1.40. The Morgan fingerprint density at radius 3 is 2.81 bits per heavy atom. The van der Waals surface area contributed by atoms with Crippen LogP contribution in [0.15, 0.2) is 30.4 Å². The first-order valence-corrected chi connectivity index (χ1v) is 8.22. The Balaban J connectivity index is 1.43. The molecule has 3 heteroatoms. The van der Waals surface area contributed by atoms with Gasteiger partial charge in [0.2, 0.25) is 0 Å². The topological polar surface area (TPSA) is 34.1 Å². The van der Waals surface area contributed by atoms with Gasteiger partial charge in [-0.3, -0.25) is 4.98 Å². The molecule has 1 heterocycles. The van der Waals surface area contributed by atoms with Gasteiger partial charge < -0.3 is 10.1 Å². The fraction of sp³-hybridized carbons (Fsp3) is 0.611. The predicted octanol–water partition coefficient (Wildman–Crippen LogP) is 3.45.